The van der Waals surface area contributed by atoms with E-state index in [0.29, 0.717) is 11.3 Å². The molecule has 0 amide bonds. The van der Waals surface area contributed by atoms with Crippen LogP contribution >= 0.6 is 22.6 Å². The fourth-order valence-electron chi connectivity index (χ4n) is 1.16. The summed E-state index contributed by atoms with van der Waals surface area (Å²) >= 11 is 2.06. The van der Waals surface area contributed by atoms with Gasteiger partial charge in [0.05, 0.1) is 5.56 Å². The lowest BCUT2D eigenvalue weighted by Crippen LogP contribution is -2.06. The first kappa shape index (κ1) is 11.3. The predicted molar refractivity (Wildman–Crippen MR) is 63.8 cm³/mol. The van der Waals surface area contributed by atoms with Crippen molar-refractivity contribution in [3.63, 3.8) is 0 Å². The highest BCUT2D eigenvalue weighted by molar-refractivity contribution is 14.1. The smallest absolute Gasteiger partial charge is 0.342 e. The van der Waals surface area contributed by atoms with Crippen molar-refractivity contribution in [1.29, 1.82) is 0 Å². The molecule has 0 atom stereocenters. The van der Waals surface area contributed by atoms with Gasteiger partial charge in [-0.05, 0) is 30.4 Å². The number of halogens is 1. The predicted octanol–water partition coefficient (Wildman–Crippen LogP) is 2.76. The number of hydrogen-bond donors (Lipinski definition) is 1. The fraction of sp³-hybridized carbons (Fsp3) is 0.300. The van der Waals surface area contributed by atoms with Crippen molar-refractivity contribution in [2.24, 2.45) is 0 Å². The molecule has 1 aromatic rings. The summed E-state index contributed by atoms with van der Waals surface area (Å²) in [5.41, 5.74) is 1.20. The highest BCUT2D eigenvalue weighted by atomic mass is 127. The molecule has 1 aromatic heterocycles. The van der Waals surface area contributed by atoms with Gasteiger partial charge >= 0.3 is 5.63 Å². The van der Waals surface area contributed by atoms with Crippen LogP contribution in [0.1, 0.15) is 23.8 Å². The Balaban J connectivity index is 3.57. The number of hydrogen-bond acceptors (Lipinski definition) is 3. The van der Waals surface area contributed by atoms with Crippen molar-refractivity contribution in [3.05, 3.63) is 31.4 Å². The maximum absolute atomic E-state index is 11.3. The van der Waals surface area contributed by atoms with Gasteiger partial charge in [0.1, 0.15) is 11.5 Å². The maximum atomic E-state index is 11.3. The van der Waals surface area contributed by atoms with Crippen molar-refractivity contribution in [1.82, 2.24) is 0 Å². The molecule has 0 aliphatic carbocycles. The monoisotopic (exact) mass is 306 g/mol. The molecule has 1 heterocycles. The first-order valence-corrected chi connectivity index (χ1v) is 5.34. The van der Waals surface area contributed by atoms with Gasteiger partial charge in [0.15, 0.2) is 0 Å². The lowest BCUT2D eigenvalue weighted by Gasteiger charge is -2.07. The Labute approximate surface area is 95.6 Å². The van der Waals surface area contributed by atoms with E-state index >= 15 is 0 Å². The van der Waals surface area contributed by atoms with E-state index in [-0.39, 0.29) is 11.3 Å². The van der Waals surface area contributed by atoms with Crippen LogP contribution in [0, 0.1) is 13.8 Å². The Bertz CT molecular complexity index is 443. The minimum absolute atomic E-state index is 0.0221. The number of allylic oxidation sites excluding steroid dienone is 1. The van der Waals surface area contributed by atoms with Crippen LogP contribution < -0.4 is 5.63 Å². The lowest BCUT2D eigenvalue weighted by molar-refractivity contribution is 0.428. The molecule has 14 heavy (non-hydrogen) atoms. The second-order valence-corrected chi connectivity index (χ2v) is 3.73. The Morgan fingerprint density at radius 2 is 2.00 bits per heavy atom. The Morgan fingerprint density at radius 1 is 1.43 bits per heavy atom. The molecule has 1 rings (SSSR count). The van der Waals surface area contributed by atoms with Gasteiger partial charge < -0.3 is 9.52 Å². The van der Waals surface area contributed by atoms with E-state index < -0.39 is 5.63 Å². The van der Waals surface area contributed by atoms with E-state index in [0.717, 1.165) is 5.57 Å². The summed E-state index contributed by atoms with van der Waals surface area (Å²) < 4.78 is 6.89. The van der Waals surface area contributed by atoms with Gasteiger partial charge in [-0.2, -0.15) is 0 Å². The first-order valence-electron chi connectivity index (χ1n) is 4.09. The minimum Gasteiger partial charge on any atom is -0.507 e. The molecule has 0 saturated carbocycles. The molecule has 76 valence electrons. The molecular weight excluding hydrogens is 295 g/mol. The van der Waals surface area contributed by atoms with E-state index in [1.807, 2.05) is 6.92 Å². The van der Waals surface area contributed by atoms with E-state index in [4.69, 9.17) is 4.42 Å². The van der Waals surface area contributed by atoms with Gasteiger partial charge in [0.25, 0.3) is 0 Å². The third-order valence-electron chi connectivity index (χ3n) is 2.07. The molecule has 4 heteroatoms. The summed E-state index contributed by atoms with van der Waals surface area (Å²) in [6, 6.07) is 0. The van der Waals surface area contributed by atoms with Crippen LogP contribution in [0.3, 0.4) is 0 Å². The van der Waals surface area contributed by atoms with Gasteiger partial charge in [0.2, 0.25) is 0 Å². The molecule has 3 nitrogen and oxygen atoms in total. The zero-order valence-corrected chi connectivity index (χ0v) is 10.4. The number of aromatic hydroxyl groups is 1. The molecule has 0 fully saturated rings. The van der Waals surface area contributed by atoms with Crippen molar-refractivity contribution in [3.8, 4) is 5.75 Å². The van der Waals surface area contributed by atoms with Crippen molar-refractivity contribution < 1.29 is 9.52 Å². The van der Waals surface area contributed by atoms with Crippen molar-refractivity contribution >= 4 is 28.2 Å². The average Bonchev–Trinajstić information content (AvgIpc) is 2.19. The third-order valence-corrected chi connectivity index (χ3v) is 3.01. The summed E-state index contributed by atoms with van der Waals surface area (Å²) in [4.78, 5) is 11.3. The Kier molecular flexibility index (Phi) is 3.36. The molecular formula is C10H11IO3. The molecule has 0 saturated heterocycles. The zero-order valence-electron chi connectivity index (χ0n) is 8.22. The zero-order chi connectivity index (χ0) is 10.9. The van der Waals surface area contributed by atoms with Crippen LogP contribution in [0.5, 0.6) is 5.75 Å². The van der Waals surface area contributed by atoms with Crippen molar-refractivity contribution in [2.45, 2.75) is 20.8 Å². The van der Waals surface area contributed by atoms with Crippen LogP contribution in [-0.4, -0.2) is 5.11 Å². The quantitative estimate of drug-likeness (QED) is 0.812. The van der Waals surface area contributed by atoms with Crippen LogP contribution in [0.25, 0.3) is 5.57 Å². The fourth-order valence-corrected chi connectivity index (χ4v) is 1.44. The normalized spacial score (nSPS) is 11.9. The van der Waals surface area contributed by atoms with Gasteiger partial charge in [0, 0.05) is 5.56 Å². The van der Waals surface area contributed by atoms with Gasteiger partial charge in [-0.3, -0.25) is 0 Å². The summed E-state index contributed by atoms with van der Waals surface area (Å²) in [5.74, 6) is 0.473. The molecule has 0 bridgehead atoms. The molecule has 0 aliphatic rings. The van der Waals surface area contributed by atoms with Gasteiger partial charge in [-0.15, -0.1) is 0 Å². The second kappa shape index (κ2) is 4.16. The van der Waals surface area contributed by atoms with E-state index in [1.54, 1.807) is 17.9 Å². The van der Waals surface area contributed by atoms with Gasteiger partial charge in [-0.25, -0.2) is 4.79 Å². The summed E-state index contributed by atoms with van der Waals surface area (Å²) in [6.07, 6.45) is 0. The summed E-state index contributed by atoms with van der Waals surface area (Å²) in [7, 11) is 0. The topological polar surface area (TPSA) is 50.4 Å². The van der Waals surface area contributed by atoms with Crippen LogP contribution in [-0.2, 0) is 0 Å². The highest BCUT2D eigenvalue weighted by Gasteiger charge is 2.13. The first-order chi connectivity index (χ1) is 6.49. The number of rotatable bonds is 1. The molecule has 0 aliphatic heterocycles. The van der Waals surface area contributed by atoms with E-state index in [9.17, 15) is 9.90 Å². The summed E-state index contributed by atoms with van der Waals surface area (Å²) in [6.45, 7) is 5.10. The second-order valence-electron chi connectivity index (χ2n) is 3.11. The minimum atomic E-state index is -0.485. The van der Waals surface area contributed by atoms with Crippen LogP contribution in [0.4, 0.5) is 0 Å². The SMILES string of the molecule is C/C(=C\I)c1oc(=O)c(C)c(O)c1C. The van der Waals surface area contributed by atoms with Crippen molar-refractivity contribution in [2.75, 3.05) is 0 Å². The van der Waals surface area contributed by atoms with E-state index in [2.05, 4.69) is 22.6 Å². The van der Waals surface area contributed by atoms with Crippen LogP contribution in [0.2, 0.25) is 0 Å². The lowest BCUT2D eigenvalue weighted by atomic mass is 10.1. The third kappa shape index (κ3) is 1.84. The average molecular weight is 306 g/mol. The summed E-state index contributed by atoms with van der Waals surface area (Å²) in [5, 5.41) is 9.62. The Morgan fingerprint density at radius 3 is 2.50 bits per heavy atom. The highest BCUT2D eigenvalue weighted by Crippen LogP contribution is 2.26. The van der Waals surface area contributed by atoms with Crippen LogP contribution in [0.15, 0.2) is 13.3 Å². The van der Waals surface area contributed by atoms with E-state index in [1.165, 1.54) is 0 Å². The Hall–Kier alpha value is -0.780. The molecule has 0 unspecified atom stereocenters. The molecule has 0 radical (unpaired) electrons. The molecule has 0 aromatic carbocycles. The molecule has 0 spiro atoms. The maximum Gasteiger partial charge on any atom is 0.342 e. The largest absolute Gasteiger partial charge is 0.507 e. The standard InChI is InChI=1S/C10H11IO3/c1-5(4-11)9-6(2)8(12)7(3)10(13)14-9/h4,12H,1-3H3/b5-4+. The van der Waals surface area contributed by atoms with Gasteiger partial charge in [-0.1, -0.05) is 22.6 Å². The molecule has 1 N–H and O–H groups in total.